The molecular weight excluding hydrogens is 380 g/mol. The number of rotatable bonds is 5. The van der Waals surface area contributed by atoms with Crippen molar-refractivity contribution in [1.82, 2.24) is 4.98 Å². The van der Waals surface area contributed by atoms with Gasteiger partial charge in [-0.15, -0.1) is 0 Å². The molecule has 10 heteroatoms. The smallest absolute Gasteiger partial charge is 0.308 e. The molecule has 1 fully saturated rings. The van der Waals surface area contributed by atoms with Gasteiger partial charge in [0.2, 0.25) is 0 Å². The first-order valence-electron chi connectivity index (χ1n) is 8.76. The van der Waals surface area contributed by atoms with Crippen LogP contribution in [0, 0.1) is 5.92 Å². The summed E-state index contributed by atoms with van der Waals surface area (Å²) in [5.74, 6) is -0.483. The van der Waals surface area contributed by atoms with Crippen LogP contribution in [0.1, 0.15) is 22.5 Å². The number of aromatic nitrogens is 1. The monoisotopic (exact) mass is 402 g/mol. The Balaban J connectivity index is 1.58. The van der Waals surface area contributed by atoms with Gasteiger partial charge in [-0.3, -0.25) is 9.59 Å². The van der Waals surface area contributed by atoms with Gasteiger partial charge in [0.15, 0.2) is 11.1 Å². The lowest BCUT2D eigenvalue weighted by Gasteiger charge is -2.30. The van der Waals surface area contributed by atoms with Crippen molar-refractivity contribution >= 4 is 45.7 Å². The molecule has 0 atom stereocenters. The normalized spacial score (nSPS) is 14.4. The largest absolute Gasteiger partial charge is 0.469 e. The van der Waals surface area contributed by atoms with Crippen LogP contribution in [0.15, 0.2) is 35.5 Å². The first-order valence-corrected chi connectivity index (χ1v) is 9.57. The van der Waals surface area contributed by atoms with Crippen LogP contribution in [0.25, 0.3) is 0 Å². The molecule has 1 saturated heterocycles. The fourth-order valence-corrected chi connectivity index (χ4v) is 3.81. The lowest BCUT2D eigenvalue weighted by molar-refractivity contribution is -0.146. The quantitative estimate of drug-likeness (QED) is 0.393. The number of nitrogens with one attached hydrogen (secondary N) is 1. The standard InChI is InChI=1S/C18H22N6O3S/c1-27-16(26)11-6-8-24(9-7-11)18-21-10-14(28-18)15(25)22-12-2-4-13(5-3-12)23-17(19)20/h2-5,10-11H,6-9H2,1H3,(H,22,25)(H4,19,20,23). The first-order chi connectivity index (χ1) is 13.5. The highest BCUT2D eigenvalue weighted by Crippen LogP contribution is 2.28. The number of anilines is 2. The first kappa shape index (κ1) is 19.6. The third-order valence-electron chi connectivity index (χ3n) is 4.40. The summed E-state index contributed by atoms with van der Waals surface area (Å²) in [6.07, 6.45) is 3.00. The Morgan fingerprint density at radius 1 is 1.25 bits per heavy atom. The summed E-state index contributed by atoms with van der Waals surface area (Å²) in [4.78, 5) is 35.0. The van der Waals surface area contributed by atoms with Crippen molar-refractivity contribution in [2.75, 3.05) is 30.4 Å². The van der Waals surface area contributed by atoms with Crippen LogP contribution in [0.5, 0.6) is 0 Å². The summed E-state index contributed by atoms with van der Waals surface area (Å²) in [6, 6.07) is 6.86. The minimum atomic E-state index is -0.234. The van der Waals surface area contributed by atoms with Crippen LogP contribution in [0.2, 0.25) is 0 Å². The highest BCUT2D eigenvalue weighted by Gasteiger charge is 2.27. The predicted octanol–water partition coefficient (Wildman–Crippen LogP) is 1.69. The van der Waals surface area contributed by atoms with E-state index in [1.54, 1.807) is 30.5 Å². The number of hydrogen-bond acceptors (Lipinski definition) is 7. The number of carbonyl (C=O) groups excluding carboxylic acids is 2. The number of carbonyl (C=O) groups is 2. The summed E-state index contributed by atoms with van der Waals surface area (Å²) in [7, 11) is 1.41. The van der Waals surface area contributed by atoms with Gasteiger partial charge in [-0.2, -0.15) is 0 Å². The third kappa shape index (κ3) is 4.77. The molecule has 148 valence electrons. The van der Waals surface area contributed by atoms with Crippen molar-refractivity contribution in [3.8, 4) is 0 Å². The van der Waals surface area contributed by atoms with Gasteiger partial charge in [0.05, 0.1) is 24.9 Å². The molecule has 2 heterocycles. The van der Waals surface area contributed by atoms with E-state index in [0.717, 1.165) is 18.0 Å². The van der Waals surface area contributed by atoms with Crippen molar-refractivity contribution in [2.24, 2.45) is 22.4 Å². The number of amides is 1. The van der Waals surface area contributed by atoms with Crippen LogP contribution >= 0.6 is 11.3 Å². The summed E-state index contributed by atoms with van der Waals surface area (Å²) in [5, 5.41) is 3.60. The second kappa shape index (κ2) is 8.70. The van der Waals surface area contributed by atoms with Gasteiger partial charge in [0.1, 0.15) is 4.88 Å². The van der Waals surface area contributed by atoms with E-state index in [9.17, 15) is 9.59 Å². The highest BCUT2D eigenvalue weighted by molar-refractivity contribution is 7.17. The molecule has 1 aromatic heterocycles. The number of methoxy groups -OCH3 is 1. The zero-order valence-corrected chi connectivity index (χ0v) is 16.2. The molecule has 28 heavy (non-hydrogen) atoms. The molecule has 1 amide bonds. The Morgan fingerprint density at radius 3 is 2.54 bits per heavy atom. The second-order valence-corrected chi connectivity index (χ2v) is 7.34. The molecule has 0 spiro atoms. The van der Waals surface area contributed by atoms with Crippen molar-refractivity contribution in [3.05, 3.63) is 35.3 Å². The Kier molecular flexibility index (Phi) is 6.09. The molecule has 0 radical (unpaired) electrons. The number of esters is 1. The van der Waals surface area contributed by atoms with E-state index in [0.29, 0.717) is 29.3 Å². The van der Waals surface area contributed by atoms with E-state index in [4.69, 9.17) is 16.2 Å². The van der Waals surface area contributed by atoms with E-state index in [2.05, 4.69) is 20.2 Å². The number of piperidine rings is 1. The van der Waals surface area contributed by atoms with Gasteiger partial charge in [0.25, 0.3) is 5.91 Å². The van der Waals surface area contributed by atoms with Crippen LogP contribution in [-0.2, 0) is 9.53 Å². The summed E-state index contributed by atoms with van der Waals surface area (Å²) >= 11 is 1.33. The van der Waals surface area contributed by atoms with Gasteiger partial charge in [0, 0.05) is 18.8 Å². The highest BCUT2D eigenvalue weighted by atomic mass is 32.1. The average molecular weight is 402 g/mol. The fraction of sp³-hybridized carbons (Fsp3) is 0.333. The van der Waals surface area contributed by atoms with Gasteiger partial charge >= 0.3 is 5.97 Å². The fourth-order valence-electron chi connectivity index (χ4n) is 2.95. The SMILES string of the molecule is COC(=O)C1CCN(c2ncc(C(=O)Nc3ccc(N=C(N)N)cc3)s2)CC1. The minimum Gasteiger partial charge on any atom is -0.469 e. The molecule has 0 aliphatic carbocycles. The average Bonchev–Trinajstić information content (AvgIpc) is 3.19. The van der Waals surface area contributed by atoms with Crippen LogP contribution in [-0.4, -0.2) is 43.0 Å². The van der Waals surface area contributed by atoms with Gasteiger partial charge < -0.3 is 26.4 Å². The van der Waals surface area contributed by atoms with Crippen molar-refractivity contribution in [3.63, 3.8) is 0 Å². The maximum Gasteiger partial charge on any atom is 0.308 e. The Labute approximate surface area is 166 Å². The van der Waals surface area contributed by atoms with E-state index in [1.807, 2.05) is 0 Å². The number of nitrogens with two attached hydrogens (primary N) is 2. The predicted molar refractivity (Wildman–Crippen MR) is 109 cm³/mol. The van der Waals surface area contributed by atoms with E-state index in [-0.39, 0.29) is 23.8 Å². The minimum absolute atomic E-state index is 0.0235. The number of hydrogen-bond donors (Lipinski definition) is 3. The van der Waals surface area contributed by atoms with E-state index in [1.165, 1.54) is 18.4 Å². The number of benzene rings is 1. The van der Waals surface area contributed by atoms with Crippen LogP contribution < -0.4 is 21.7 Å². The number of ether oxygens (including phenoxy) is 1. The molecule has 0 unspecified atom stereocenters. The molecule has 1 aliphatic heterocycles. The van der Waals surface area contributed by atoms with E-state index >= 15 is 0 Å². The maximum atomic E-state index is 12.5. The maximum absolute atomic E-state index is 12.5. The molecule has 0 bridgehead atoms. The molecule has 0 saturated carbocycles. The molecular formula is C18H22N6O3S. The van der Waals surface area contributed by atoms with Crippen LogP contribution in [0.4, 0.5) is 16.5 Å². The van der Waals surface area contributed by atoms with Crippen molar-refractivity contribution in [2.45, 2.75) is 12.8 Å². The number of aliphatic imine (C=N–C) groups is 1. The number of guanidine groups is 1. The molecule has 9 nitrogen and oxygen atoms in total. The van der Waals surface area contributed by atoms with Gasteiger partial charge in [-0.25, -0.2) is 9.98 Å². The lowest BCUT2D eigenvalue weighted by Crippen LogP contribution is -2.36. The number of thiazole rings is 1. The molecule has 1 aliphatic rings. The molecule has 3 rings (SSSR count). The Morgan fingerprint density at radius 2 is 1.93 bits per heavy atom. The third-order valence-corrected chi connectivity index (χ3v) is 5.46. The Bertz CT molecular complexity index is 868. The summed E-state index contributed by atoms with van der Waals surface area (Å²) in [6.45, 7) is 1.42. The second-order valence-electron chi connectivity index (χ2n) is 6.33. The Hall–Kier alpha value is -3.14. The zero-order chi connectivity index (χ0) is 20.1. The summed E-state index contributed by atoms with van der Waals surface area (Å²) < 4.78 is 4.81. The topological polar surface area (TPSA) is 136 Å². The molecule has 2 aromatic rings. The van der Waals surface area contributed by atoms with Gasteiger partial charge in [-0.05, 0) is 37.1 Å². The zero-order valence-electron chi connectivity index (χ0n) is 15.4. The van der Waals surface area contributed by atoms with Crippen LogP contribution in [0.3, 0.4) is 0 Å². The lowest BCUT2D eigenvalue weighted by atomic mass is 9.97. The summed E-state index contributed by atoms with van der Waals surface area (Å²) in [5.41, 5.74) is 11.9. The number of nitrogens with zero attached hydrogens (tertiary/aromatic N) is 3. The van der Waals surface area contributed by atoms with Gasteiger partial charge in [-0.1, -0.05) is 11.3 Å². The molecule has 5 N–H and O–H groups in total. The molecule has 1 aromatic carbocycles. The van der Waals surface area contributed by atoms with Crippen molar-refractivity contribution in [1.29, 1.82) is 0 Å². The van der Waals surface area contributed by atoms with Crippen molar-refractivity contribution < 1.29 is 14.3 Å². The van der Waals surface area contributed by atoms with E-state index < -0.39 is 0 Å².